The van der Waals surface area contributed by atoms with Crippen LogP contribution in [-0.4, -0.2) is 29.0 Å². The van der Waals surface area contributed by atoms with Gasteiger partial charge in [-0.15, -0.1) is 0 Å². The van der Waals surface area contributed by atoms with Gasteiger partial charge in [-0.25, -0.2) is 0 Å². The molecule has 2 N–H and O–H groups in total. The first-order valence-electron chi connectivity index (χ1n) is 5.56. The minimum atomic E-state index is -0.471. The lowest BCUT2D eigenvalue weighted by atomic mass is 9.89. The number of halogens is 2. The molecule has 1 aromatic carbocycles. The Labute approximate surface area is 116 Å². The van der Waals surface area contributed by atoms with Crippen molar-refractivity contribution in [3.63, 3.8) is 0 Å². The maximum Gasteiger partial charge on any atom is 0.137 e. The highest BCUT2D eigenvalue weighted by Gasteiger charge is 2.49. The molecule has 0 radical (unpaired) electrons. The van der Waals surface area contributed by atoms with Crippen LogP contribution in [-0.2, 0) is 0 Å². The average Bonchev–Trinajstić information content (AvgIpc) is 2.74. The first-order valence-corrected chi connectivity index (χ1v) is 7.15. The topological polar surface area (TPSA) is 49.7 Å². The van der Waals surface area contributed by atoms with Crippen molar-refractivity contribution in [3.05, 3.63) is 26.6 Å². The van der Waals surface area contributed by atoms with Crippen molar-refractivity contribution in [2.45, 2.75) is 24.5 Å². The molecule has 1 fully saturated rings. The van der Waals surface area contributed by atoms with Crippen LogP contribution in [0.2, 0.25) is 0 Å². The van der Waals surface area contributed by atoms with Gasteiger partial charge in [0.2, 0.25) is 0 Å². The fourth-order valence-electron chi connectivity index (χ4n) is 2.97. The molecule has 2 aliphatic rings. The molecule has 0 bridgehead atoms. The van der Waals surface area contributed by atoms with Crippen LogP contribution in [0.3, 0.4) is 0 Å². The Morgan fingerprint density at radius 1 is 1.35 bits per heavy atom. The monoisotopic (exact) mass is 362 g/mol. The van der Waals surface area contributed by atoms with Gasteiger partial charge in [0.05, 0.1) is 10.6 Å². The van der Waals surface area contributed by atoms with Gasteiger partial charge in [-0.1, -0.05) is 15.9 Å². The van der Waals surface area contributed by atoms with Gasteiger partial charge in [0, 0.05) is 34.9 Å². The van der Waals surface area contributed by atoms with Crippen molar-refractivity contribution < 1.29 is 14.9 Å². The van der Waals surface area contributed by atoms with Gasteiger partial charge in [0.25, 0.3) is 0 Å². The number of benzene rings is 1. The predicted octanol–water partition coefficient (Wildman–Crippen LogP) is 2.43. The van der Waals surface area contributed by atoms with Crippen LogP contribution < -0.4 is 4.74 Å². The van der Waals surface area contributed by atoms with Crippen LogP contribution >= 0.6 is 31.9 Å². The summed E-state index contributed by atoms with van der Waals surface area (Å²) in [7, 11) is 0. The molecule has 92 valence electrons. The third-order valence-electron chi connectivity index (χ3n) is 3.71. The van der Waals surface area contributed by atoms with Gasteiger partial charge in [-0.05, 0) is 28.1 Å². The second-order valence-corrected chi connectivity index (χ2v) is 6.41. The Morgan fingerprint density at radius 3 is 2.82 bits per heavy atom. The first-order chi connectivity index (χ1) is 8.11. The molecule has 5 heteroatoms. The number of ether oxygens (including phenoxy) is 1. The second kappa shape index (κ2) is 4.23. The SMILES string of the molecule is OCC1C(O)C[C@H]2Oc3c(Br)cc(Br)cc3[C@@H]12. The number of aliphatic hydroxyl groups excluding tert-OH is 2. The second-order valence-electron chi connectivity index (χ2n) is 4.64. The molecule has 1 aliphatic heterocycles. The zero-order valence-corrected chi connectivity index (χ0v) is 12.1. The van der Waals surface area contributed by atoms with E-state index in [0.717, 1.165) is 20.3 Å². The fraction of sp³-hybridized carbons (Fsp3) is 0.500. The van der Waals surface area contributed by atoms with Crippen LogP contribution in [0.15, 0.2) is 21.1 Å². The first kappa shape index (κ1) is 12.0. The molecule has 0 aromatic heterocycles. The van der Waals surface area contributed by atoms with Crippen LogP contribution in [0.1, 0.15) is 17.9 Å². The number of hydrogen-bond acceptors (Lipinski definition) is 3. The summed E-state index contributed by atoms with van der Waals surface area (Å²) in [5.74, 6) is 0.829. The van der Waals surface area contributed by atoms with E-state index in [9.17, 15) is 10.2 Å². The fourth-order valence-corrected chi connectivity index (χ4v) is 4.32. The van der Waals surface area contributed by atoms with E-state index in [1.165, 1.54) is 0 Å². The van der Waals surface area contributed by atoms with Gasteiger partial charge in [-0.3, -0.25) is 0 Å². The van der Waals surface area contributed by atoms with E-state index in [2.05, 4.69) is 31.9 Å². The van der Waals surface area contributed by atoms with Crippen molar-refractivity contribution in [2.24, 2.45) is 5.92 Å². The Hall–Kier alpha value is -0.100. The molecule has 0 saturated heterocycles. The lowest BCUT2D eigenvalue weighted by Crippen LogP contribution is -2.22. The van der Waals surface area contributed by atoms with E-state index in [-0.39, 0.29) is 24.5 Å². The predicted molar refractivity (Wildman–Crippen MR) is 70.2 cm³/mol. The summed E-state index contributed by atoms with van der Waals surface area (Å²) in [5, 5.41) is 19.3. The van der Waals surface area contributed by atoms with Crippen LogP contribution in [0.25, 0.3) is 0 Å². The molecule has 1 aromatic rings. The Kier molecular flexibility index (Phi) is 2.97. The molecule has 3 nitrogen and oxygen atoms in total. The van der Waals surface area contributed by atoms with Gasteiger partial charge in [0.1, 0.15) is 11.9 Å². The zero-order chi connectivity index (χ0) is 12.2. The van der Waals surface area contributed by atoms with Gasteiger partial charge < -0.3 is 14.9 Å². The largest absolute Gasteiger partial charge is 0.488 e. The van der Waals surface area contributed by atoms with Gasteiger partial charge >= 0.3 is 0 Å². The molecular weight excluding hydrogens is 352 g/mol. The summed E-state index contributed by atoms with van der Waals surface area (Å²) in [6.45, 7) is -0.00470. The van der Waals surface area contributed by atoms with E-state index < -0.39 is 6.10 Å². The van der Waals surface area contributed by atoms with Crippen LogP contribution in [0.5, 0.6) is 5.75 Å². The highest BCUT2D eigenvalue weighted by atomic mass is 79.9. The van der Waals surface area contributed by atoms with Gasteiger partial charge in [-0.2, -0.15) is 0 Å². The molecule has 2 unspecified atom stereocenters. The molecular formula is C12H12Br2O3. The molecule has 17 heavy (non-hydrogen) atoms. The molecule has 4 atom stereocenters. The Bertz CT molecular complexity index is 463. The van der Waals surface area contributed by atoms with Gasteiger partial charge in [0.15, 0.2) is 0 Å². The number of aliphatic hydroxyl groups is 2. The minimum absolute atomic E-state index is 0.00470. The number of hydrogen-bond donors (Lipinski definition) is 2. The van der Waals surface area contributed by atoms with Crippen molar-refractivity contribution in [1.82, 2.24) is 0 Å². The molecule has 1 aliphatic carbocycles. The molecule has 1 saturated carbocycles. The summed E-state index contributed by atoms with van der Waals surface area (Å²) >= 11 is 6.94. The highest BCUT2D eigenvalue weighted by molar-refractivity contribution is 9.11. The maximum atomic E-state index is 9.90. The maximum absolute atomic E-state index is 9.90. The molecule has 3 rings (SSSR count). The number of rotatable bonds is 1. The minimum Gasteiger partial charge on any atom is -0.488 e. The smallest absolute Gasteiger partial charge is 0.137 e. The van der Waals surface area contributed by atoms with E-state index >= 15 is 0 Å². The standard InChI is InChI=1S/C12H12Br2O3/c13-5-1-6-11-7(4-15)9(16)3-10(11)17-12(6)8(14)2-5/h1-2,7,9-11,15-16H,3-4H2/t7?,9?,10-,11+/m1/s1. The molecule has 0 amide bonds. The highest BCUT2D eigenvalue weighted by Crippen LogP contribution is 2.53. The summed E-state index contributed by atoms with van der Waals surface area (Å²) < 4.78 is 7.78. The summed E-state index contributed by atoms with van der Waals surface area (Å²) in [5.41, 5.74) is 1.08. The zero-order valence-electron chi connectivity index (χ0n) is 8.94. The quantitative estimate of drug-likeness (QED) is 0.805. The van der Waals surface area contributed by atoms with E-state index in [1.807, 2.05) is 12.1 Å². The van der Waals surface area contributed by atoms with Crippen LogP contribution in [0.4, 0.5) is 0 Å². The van der Waals surface area contributed by atoms with Crippen molar-refractivity contribution in [2.75, 3.05) is 6.61 Å². The number of fused-ring (bicyclic) bond motifs is 3. The van der Waals surface area contributed by atoms with E-state index in [4.69, 9.17) is 4.74 Å². The van der Waals surface area contributed by atoms with E-state index in [0.29, 0.717) is 6.42 Å². The van der Waals surface area contributed by atoms with Crippen LogP contribution in [0, 0.1) is 5.92 Å². The summed E-state index contributed by atoms with van der Waals surface area (Å²) in [6, 6.07) is 3.97. The average molecular weight is 364 g/mol. The third kappa shape index (κ3) is 1.75. The van der Waals surface area contributed by atoms with Crippen molar-refractivity contribution in [3.8, 4) is 5.75 Å². The molecule has 0 spiro atoms. The lowest BCUT2D eigenvalue weighted by molar-refractivity contribution is 0.0832. The van der Waals surface area contributed by atoms with Crippen molar-refractivity contribution >= 4 is 31.9 Å². The summed E-state index contributed by atoms with van der Waals surface area (Å²) in [6.07, 6.45) is 0.109. The third-order valence-corrected chi connectivity index (χ3v) is 4.75. The molecule has 1 heterocycles. The lowest BCUT2D eigenvalue weighted by Gasteiger charge is -2.17. The summed E-state index contributed by atoms with van der Waals surface area (Å²) in [4.78, 5) is 0. The van der Waals surface area contributed by atoms with Crippen molar-refractivity contribution in [1.29, 1.82) is 0 Å². The normalized spacial score (nSPS) is 34.4. The Morgan fingerprint density at radius 2 is 2.12 bits per heavy atom. The van der Waals surface area contributed by atoms with E-state index in [1.54, 1.807) is 0 Å². The Balaban J connectivity index is 2.08.